The highest BCUT2D eigenvalue weighted by Crippen LogP contribution is 2.31. The predicted molar refractivity (Wildman–Crippen MR) is 87.1 cm³/mol. The molecule has 21 heavy (non-hydrogen) atoms. The van der Waals surface area contributed by atoms with Crippen LogP contribution in [0.15, 0.2) is 42.6 Å². The van der Waals surface area contributed by atoms with Gasteiger partial charge in [0, 0.05) is 22.8 Å². The van der Waals surface area contributed by atoms with Gasteiger partial charge in [-0.05, 0) is 30.3 Å². The summed E-state index contributed by atoms with van der Waals surface area (Å²) in [6.07, 6.45) is 1.63. The molecule has 6 heteroatoms. The van der Waals surface area contributed by atoms with E-state index >= 15 is 0 Å². The predicted octanol–water partition coefficient (Wildman–Crippen LogP) is 4.31. The van der Waals surface area contributed by atoms with Crippen LogP contribution in [0.25, 0.3) is 10.9 Å². The lowest BCUT2D eigenvalue weighted by Crippen LogP contribution is -2.12. The number of hydrogen-bond acceptors (Lipinski definition) is 2. The van der Waals surface area contributed by atoms with Gasteiger partial charge in [-0.25, -0.2) is 0 Å². The highest BCUT2D eigenvalue weighted by molar-refractivity contribution is 6.40. The largest absolute Gasteiger partial charge is 0.399 e. The van der Waals surface area contributed by atoms with E-state index in [1.807, 2.05) is 6.07 Å². The molecular formula is C15H11Cl2N3O. The SMILES string of the molecule is Nc1ccc2[nH]cc(C(=O)Nc3c(Cl)cccc3Cl)c2c1. The molecule has 2 aromatic carbocycles. The first-order chi connectivity index (χ1) is 10.1. The molecule has 4 N–H and O–H groups in total. The van der Waals surface area contributed by atoms with E-state index in [1.165, 1.54) is 0 Å². The number of nitrogens with two attached hydrogens (primary N) is 1. The normalized spacial score (nSPS) is 10.8. The Kier molecular flexibility index (Phi) is 3.49. The zero-order chi connectivity index (χ0) is 15.0. The number of fused-ring (bicyclic) bond motifs is 1. The first-order valence-electron chi connectivity index (χ1n) is 6.18. The maximum Gasteiger partial charge on any atom is 0.257 e. The number of rotatable bonds is 2. The number of carbonyl (C=O) groups is 1. The van der Waals surface area contributed by atoms with Gasteiger partial charge >= 0.3 is 0 Å². The number of aromatic amines is 1. The van der Waals surface area contributed by atoms with Crippen LogP contribution in [0.3, 0.4) is 0 Å². The summed E-state index contributed by atoms with van der Waals surface area (Å²) < 4.78 is 0. The standard InChI is InChI=1S/C15H11Cl2N3O/c16-11-2-1-3-12(17)14(11)20-15(21)10-7-19-13-5-4-8(18)6-9(10)13/h1-7,19H,18H2,(H,20,21). The molecule has 0 radical (unpaired) electrons. The van der Waals surface area contributed by atoms with Crippen molar-refractivity contribution in [3.63, 3.8) is 0 Å². The highest BCUT2D eigenvalue weighted by Gasteiger charge is 2.15. The minimum absolute atomic E-state index is 0.304. The molecule has 0 spiro atoms. The van der Waals surface area contributed by atoms with Gasteiger partial charge in [0.15, 0.2) is 0 Å². The van der Waals surface area contributed by atoms with Crippen LogP contribution in [0.1, 0.15) is 10.4 Å². The number of amides is 1. The van der Waals surface area contributed by atoms with Crippen LogP contribution in [0.4, 0.5) is 11.4 Å². The van der Waals surface area contributed by atoms with Gasteiger partial charge in [0.25, 0.3) is 5.91 Å². The molecule has 0 aliphatic heterocycles. The summed E-state index contributed by atoms with van der Waals surface area (Å²) in [5, 5.41) is 4.24. The van der Waals surface area contributed by atoms with E-state index in [2.05, 4.69) is 10.3 Å². The molecule has 3 aromatic rings. The van der Waals surface area contributed by atoms with Gasteiger partial charge in [-0.15, -0.1) is 0 Å². The molecular weight excluding hydrogens is 309 g/mol. The van der Waals surface area contributed by atoms with Crippen LogP contribution >= 0.6 is 23.2 Å². The van der Waals surface area contributed by atoms with Crippen molar-refractivity contribution in [1.82, 2.24) is 4.98 Å². The fraction of sp³-hybridized carbons (Fsp3) is 0. The van der Waals surface area contributed by atoms with E-state index in [0.717, 1.165) is 10.9 Å². The Labute approximate surface area is 130 Å². The Morgan fingerprint density at radius 1 is 1.14 bits per heavy atom. The third-order valence-electron chi connectivity index (χ3n) is 3.15. The lowest BCUT2D eigenvalue weighted by Gasteiger charge is -2.08. The number of benzene rings is 2. The number of anilines is 2. The Morgan fingerprint density at radius 2 is 1.86 bits per heavy atom. The van der Waals surface area contributed by atoms with Gasteiger partial charge in [-0.1, -0.05) is 29.3 Å². The molecule has 0 aliphatic rings. The van der Waals surface area contributed by atoms with Crippen molar-refractivity contribution in [3.05, 3.63) is 58.2 Å². The first-order valence-corrected chi connectivity index (χ1v) is 6.94. The topological polar surface area (TPSA) is 70.9 Å². The second-order valence-corrected chi connectivity index (χ2v) is 5.37. The molecule has 0 saturated carbocycles. The van der Waals surface area contributed by atoms with Crippen LogP contribution in [0.2, 0.25) is 10.0 Å². The van der Waals surface area contributed by atoms with Gasteiger partial charge < -0.3 is 16.0 Å². The maximum atomic E-state index is 12.4. The third kappa shape index (κ3) is 2.55. The molecule has 0 atom stereocenters. The maximum absolute atomic E-state index is 12.4. The lowest BCUT2D eigenvalue weighted by molar-refractivity contribution is 0.102. The van der Waals surface area contributed by atoms with E-state index in [1.54, 1.807) is 36.5 Å². The molecule has 4 nitrogen and oxygen atoms in total. The number of hydrogen-bond donors (Lipinski definition) is 3. The van der Waals surface area contributed by atoms with Crippen molar-refractivity contribution in [2.45, 2.75) is 0 Å². The number of nitrogen functional groups attached to an aromatic ring is 1. The van der Waals surface area contributed by atoms with Crippen molar-refractivity contribution >= 4 is 51.4 Å². The highest BCUT2D eigenvalue weighted by atomic mass is 35.5. The van der Waals surface area contributed by atoms with E-state index in [4.69, 9.17) is 28.9 Å². The Balaban J connectivity index is 2.00. The smallest absolute Gasteiger partial charge is 0.257 e. The van der Waals surface area contributed by atoms with Crippen LogP contribution in [-0.2, 0) is 0 Å². The zero-order valence-electron chi connectivity index (χ0n) is 10.8. The minimum atomic E-state index is -0.304. The molecule has 3 rings (SSSR count). The Hall–Kier alpha value is -2.17. The minimum Gasteiger partial charge on any atom is -0.399 e. The fourth-order valence-electron chi connectivity index (χ4n) is 2.12. The number of H-pyrrole nitrogens is 1. The number of para-hydroxylation sites is 1. The van der Waals surface area contributed by atoms with Crippen molar-refractivity contribution < 1.29 is 4.79 Å². The molecule has 0 aliphatic carbocycles. The molecule has 1 amide bonds. The van der Waals surface area contributed by atoms with Gasteiger partial charge in [-0.2, -0.15) is 0 Å². The molecule has 1 heterocycles. The quantitative estimate of drug-likeness (QED) is 0.616. The molecule has 0 unspecified atom stereocenters. The zero-order valence-corrected chi connectivity index (χ0v) is 12.3. The Morgan fingerprint density at radius 3 is 2.57 bits per heavy atom. The van der Waals surface area contributed by atoms with E-state index in [-0.39, 0.29) is 5.91 Å². The number of carbonyl (C=O) groups excluding carboxylic acids is 1. The monoisotopic (exact) mass is 319 g/mol. The van der Waals surface area contributed by atoms with Crippen LogP contribution in [-0.4, -0.2) is 10.9 Å². The second-order valence-electron chi connectivity index (χ2n) is 4.56. The second kappa shape index (κ2) is 5.31. The number of nitrogens with one attached hydrogen (secondary N) is 2. The van der Waals surface area contributed by atoms with Gasteiger partial charge in [0.05, 0.1) is 21.3 Å². The van der Waals surface area contributed by atoms with Gasteiger partial charge in [-0.3, -0.25) is 4.79 Å². The van der Waals surface area contributed by atoms with E-state index in [9.17, 15) is 4.79 Å². The number of halogens is 2. The van der Waals surface area contributed by atoms with Crippen LogP contribution < -0.4 is 11.1 Å². The summed E-state index contributed by atoms with van der Waals surface area (Å²) in [5.74, 6) is -0.304. The van der Waals surface area contributed by atoms with Crippen molar-refractivity contribution in [2.24, 2.45) is 0 Å². The van der Waals surface area contributed by atoms with E-state index < -0.39 is 0 Å². The average molecular weight is 320 g/mol. The summed E-state index contributed by atoms with van der Waals surface area (Å²) in [6.45, 7) is 0. The summed E-state index contributed by atoms with van der Waals surface area (Å²) in [7, 11) is 0. The molecule has 0 saturated heterocycles. The molecule has 106 valence electrons. The van der Waals surface area contributed by atoms with Crippen molar-refractivity contribution in [3.8, 4) is 0 Å². The Bertz CT molecular complexity index is 822. The van der Waals surface area contributed by atoms with Gasteiger partial charge in [0.1, 0.15) is 0 Å². The molecule has 1 aromatic heterocycles. The number of aromatic nitrogens is 1. The van der Waals surface area contributed by atoms with Gasteiger partial charge in [0.2, 0.25) is 0 Å². The first kappa shape index (κ1) is 13.8. The lowest BCUT2D eigenvalue weighted by atomic mass is 10.1. The molecule has 0 bridgehead atoms. The summed E-state index contributed by atoms with van der Waals surface area (Å²) in [4.78, 5) is 15.4. The summed E-state index contributed by atoms with van der Waals surface area (Å²) in [6, 6.07) is 10.4. The average Bonchev–Trinajstić information content (AvgIpc) is 2.86. The summed E-state index contributed by atoms with van der Waals surface area (Å²) >= 11 is 12.1. The van der Waals surface area contributed by atoms with Crippen LogP contribution in [0.5, 0.6) is 0 Å². The molecule has 0 fully saturated rings. The fourth-order valence-corrected chi connectivity index (χ4v) is 2.62. The third-order valence-corrected chi connectivity index (χ3v) is 3.78. The van der Waals surface area contributed by atoms with E-state index in [0.29, 0.717) is 27.0 Å². The van der Waals surface area contributed by atoms with Crippen LogP contribution in [0, 0.1) is 0 Å². The van der Waals surface area contributed by atoms with Crippen molar-refractivity contribution in [1.29, 1.82) is 0 Å². The van der Waals surface area contributed by atoms with Crippen molar-refractivity contribution in [2.75, 3.05) is 11.1 Å². The summed E-state index contributed by atoms with van der Waals surface area (Å²) in [5.41, 5.74) is 8.06.